The van der Waals surface area contributed by atoms with Crippen molar-refractivity contribution in [3.63, 3.8) is 0 Å². The molecule has 0 bridgehead atoms. The number of rotatable bonds is 5. The second-order valence-electron chi connectivity index (χ2n) is 4.23. The van der Waals surface area contributed by atoms with Gasteiger partial charge in [0.2, 0.25) is 0 Å². The van der Waals surface area contributed by atoms with Crippen LogP contribution in [-0.4, -0.2) is 12.1 Å². The third-order valence-electron chi connectivity index (χ3n) is 2.89. The van der Waals surface area contributed by atoms with Crippen LogP contribution < -0.4 is 15.2 Å². The van der Waals surface area contributed by atoms with Gasteiger partial charge in [-0.15, -0.1) is 11.3 Å². The van der Waals surface area contributed by atoms with E-state index in [0.717, 1.165) is 16.3 Å². The van der Waals surface area contributed by atoms with Crippen LogP contribution in [0.1, 0.15) is 21.1 Å². The van der Waals surface area contributed by atoms with E-state index in [9.17, 15) is 0 Å². The number of ether oxygens (including phenoxy) is 2. The summed E-state index contributed by atoms with van der Waals surface area (Å²) in [5.74, 6) is 1.41. The van der Waals surface area contributed by atoms with Crippen molar-refractivity contribution < 1.29 is 9.47 Å². The minimum Gasteiger partial charge on any atom is -0.493 e. The minimum atomic E-state index is 0.456. The molecule has 2 aromatic rings. The predicted molar refractivity (Wildman–Crippen MR) is 76.8 cm³/mol. The number of methoxy groups -OCH3 is 1. The average Bonchev–Trinajstić information content (AvgIpc) is 2.75. The van der Waals surface area contributed by atoms with Gasteiger partial charge in [-0.05, 0) is 31.5 Å². The van der Waals surface area contributed by atoms with Crippen molar-refractivity contribution >= 4 is 11.3 Å². The molecule has 0 amide bonds. The van der Waals surface area contributed by atoms with Gasteiger partial charge in [0.1, 0.15) is 11.6 Å². The largest absolute Gasteiger partial charge is 0.493 e. The van der Waals surface area contributed by atoms with E-state index in [1.165, 1.54) is 4.88 Å². The van der Waals surface area contributed by atoms with E-state index in [0.29, 0.717) is 24.7 Å². The van der Waals surface area contributed by atoms with E-state index in [1.54, 1.807) is 18.4 Å². The van der Waals surface area contributed by atoms with Gasteiger partial charge in [-0.3, -0.25) is 0 Å². The van der Waals surface area contributed by atoms with Crippen LogP contribution in [-0.2, 0) is 13.2 Å². The van der Waals surface area contributed by atoms with E-state index in [-0.39, 0.29) is 0 Å². The van der Waals surface area contributed by atoms with Crippen LogP contribution in [0.5, 0.6) is 11.5 Å². The molecule has 0 saturated heterocycles. The molecule has 0 aliphatic heterocycles. The van der Waals surface area contributed by atoms with E-state index in [1.807, 2.05) is 25.1 Å². The molecule has 2 rings (SSSR count). The zero-order valence-corrected chi connectivity index (χ0v) is 12.2. The average molecular weight is 278 g/mol. The Morgan fingerprint density at radius 1 is 1.26 bits per heavy atom. The third-order valence-corrected chi connectivity index (χ3v) is 3.93. The molecule has 0 aliphatic carbocycles. The highest BCUT2D eigenvalue weighted by atomic mass is 32.1. The molecule has 0 radical (unpaired) electrons. The van der Waals surface area contributed by atoms with Crippen molar-refractivity contribution in [3.8, 4) is 11.5 Å². The normalized spacial score (nSPS) is 10.5. The monoisotopic (exact) mass is 278 g/mol. The van der Waals surface area contributed by atoms with E-state index in [2.05, 4.69) is 11.9 Å². The van der Waals surface area contributed by atoms with Crippen molar-refractivity contribution in [1.29, 1.82) is 0 Å². The quantitative estimate of drug-likeness (QED) is 0.913. The van der Waals surface area contributed by atoms with E-state index < -0.39 is 0 Å². The molecule has 19 heavy (non-hydrogen) atoms. The summed E-state index contributed by atoms with van der Waals surface area (Å²) in [4.78, 5) is 5.67. The molecule has 0 unspecified atom stereocenters. The molecule has 0 saturated carbocycles. The van der Waals surface area contributed by atoms with Gasteiger partial charge in [0.15, 0.2) is 11.5 Å². The summed E-state index contributed by atoms with van der Waals surface area (Å²) >= 11 is 1.66. The minimum absolute atomic E-state index is 0.456. The Morgan fingerprint density at radius 2 is 2.05 bits per heavy atom. The fourth-order valence-corrected chi connectivity index (χ4v) is 2.55. The van der Waals surface area contributed by atoms with Crippen LogP contribution in [0.25, 0.3) is 0 Å². The van der Waals surface area contributed by atoms with Gasteiger partial charge in [0.05, 0.1) is 12.8 Å². The zero-order valence-electron chi connectivity index (χ0n) is 11.4. The summed E-state index contributed by atoms with van der Waals surface area (Å²) in [5, 5.41) is 0.972. The standard InChI is InChI=1S/C14H18N2O2S/c1-9-10(2)19-14(16-9)8-18-12-5-4-11(7-15)6-13(12)17-3/h4-6H,7-8,15H2,1-3H3. The Morgan fingerprint density at radius 3 is 2.63 bits per heavy atom. The number of nitrogens with zero attached hydrogens (tertiary/aromatic N) is 1. The maximum Gasteiger partial charge on any atom is 0.161 e. The first-order chi connectivity index (χ1) is 9.13. The summed E-state index contributed by atoms with van der Waals surface area (Å²) in [6, 6.07) is 5.72. The Balaban J connectivity index is 2.10. The predicted octanol–water partition coefficient (Wildman–Crippen LogP) is 2.81. The van der Waals surface area contributed by atoms with Crippen molar-refractivity contribution in [2.24, 2.45) is 5.73 Å². The molecule has 5 heteroatoms. The molecule has 1 heterocycles. The van der Waals surface area contributed by atoms with Crippen molar-refractivity contribution in [2.75, 3.05) is 7.11 Å². The number of aromatic nitrogens is 1. The topological polar surface area (TPSA) is 57.4 Å². The van der Waals surface area contributed by atoms with Gasteiger partial charge in [-0.25, -0.2) is 4.98 Å². The summed E-state index contributed by atoms with van der Waals surface area (Å²) in [6.45, 7) is 5.01. The lowest BCUT2D eigenvalue weighted by Gasteiger charge is -2.10. The number of nitrogens with two attached hydrogens (primary N) is 1. The third kappa shape index (κ3) is 3.24. The number of benzene rings is 1. The summed E-state index contributed by atoms with van der Waals surface area (Å²) in [7, 11) is 1.63. The van der Waals surface area contributed by atoms with Gasteiger partial charge in [-0.1, -0.05) is 6.07 Å². The van der Waals surface area contributed by atoms with Crippen LogP contribution in [0, 0.1) is 13.8 Å². The molecule has 0 spiro atoms. The van der Waals surface area contributed by atoms with Crippen LogP contribution >= 0.6 is 11.3 Å². The molecule has 0 fully saturated rings. The highest BCUT2D eigenvalue weighted by molar-refractivity contribution is 7.11. The van der Waals surface area contributed by atoms with Crippen LogP contribution in [0.15, 0.2) is 18.2 Å². The molecular weight excluding hydrogens is 260 g/mol. The van der Waals surface area contributed by atoms with E-state index >= 15 is 0 Å². The van der Waals surface area contributed by atoms with Crippen molar-refractivity contribution in [3.05, 3.63) is 39.3 Å². The van der Waals surface area contributed by atoms with E-state index in [4.69, 9.17) is 15.2 Å². The highest BCUT2D eigenvalue weighted by Gasteiger charge is 2.08. The lowest BCUT2D eigenvalue weighted by atomic mass is 10.2. The van der Waals surface area contributed by atoms with Gasteiger partial charge >= 0.3 is 0 Å². The Bertz CT molecular complexity index is 547. The number of thiazole rings is 1. The second-order valence-corrected chi connectivity index (χ2v) is 5.51. The fraction of sp³-hybridized carbons (Fsp3) is 0.357. The Labute approximate surface area is 117 Å². The number of hydrogen-bond acceptors (Lipinski definition) is 5. The zero-order chi connectivity index (χ0) is 13.8. The van der Waals surface area contributed by atoms with Crippen LogP contribution in [0.4, 0.5) is 0 Å². The Hall–Kier alpha value is -1.59. The summed E-state index contributed by atoms with van der Waals surface area (Å²) in [5.41, 5.74) is 7.69. The summed E-state index contributed by atoms with van der Waals surface area (Å²) < 4.78 is 11.1. The SMILES string of the molecule is COc1cc(CN)ccc1OCc1nc(C)c(C)s1. The van der Waals surface area contributed by atoms with Crippen molar-refractivity contribution in [2.45, 2.75) is 27.0 Å². The molecule has 4 nitrogen and oxygen atoms in total. The van der Waals surface area contributed by atoms with Crippen LogP contribution in [0.3, 0.4) is 0 Å². The van der Waals surface area contributed by atoms with Gasteiger partial charge in [-0.2, -0.15) is 0 Å². The highest BCUT2D eigenvalue weighted by Crippen LogP contribution is 2.29. The molecule has 1 aromatic heterocycles. The molecule has 0 aliphatic rings. The molecule has 0 atom stereocenters. The number of hydrogen-bond donors (Lipinski definition) is 1. The van der Waals surface area contributed by atoms with Crippen LogP contribution in [0.2, 0.25) is 0 Å². The smallest absolute Gasteiger partial charge is 0.161 e. The number of aryl methyl sites for hydroxylation is 2. The second kappa shape index (κ2) is 6.04. The molecule has 1 aromatic carbocycles. The lowest BCUT2D eigenvalue weighted by Crippen LogP contribution is -2.00. The first-order valence-electron chi connectivity index (χ1n) is 6.06. The van der Waals surface area contributed by atoms with Gasteiger partial charge < -0.3 is 15.2 Å². The lowest BCUT2D eigenvalue weighted by molar-refractivity contribution is 0.283. The first-order valence-corrected chi connectivity index (χ1v) is 6.88. The summed E-state index contributed by atoms with van der Waals surface area (Å²) in [6.07, 6.45) is 0. The first kappa shape index (κ1) is 13.8. The molecule has 2 N–H and O–H groups in total. The Kier molecular flexibility index (Phi) is 4.39. The maximum atomic E-state index is 5.76. The molecular formula is C14H18N2O2S. The molecule has 102 valence electrons. The van der Waals surface area contributed by atoms with Gasteiger partial charge in [0, 0.05) is 11.4 Å². The van der Waals surface area contributed by atoms with Crippen molar-refractivity contribution in [1.82, 2.24) is 4.98 Å². The fourth-order valence-electron chi connectivity index (χ4n) is 1.70. The van der Waals surface area contributed by atoms with Gasteiger partial charge in [0.25, 0.3) is 0 Å². The maximum absolute atomic E-state index is 5.76.